The van der Waals surface area contributed by atoms with Crippen LogP contribution < -0.4 is 14.2 Å². The third-order valence-corrected chi connectivity index (χ3v) is 4.59. The summed E-state index contributed by atoms with van der Waals surface area (Å²) >= 11 is 0. The van der Waals surface area contributed by atoms with E-state index in [2.05, 4.69) is 17.1 Å². The van der Waals surface area contributed by atoms with Crippen LogP contribution in [0.1, 0.15) is 18.4 Å². The molecule has 8 nitrogen and oxygen atoms in total. The van der Waals surface area contributed by atoms with E-state index in [9.17, 15) is 4.79 Å². The summed E-state index contributed by atoms with van der Waals surface area (Å²) in [6.07, 6.45) is 0.956. The Kier molecular flexibility index (Phi) is 6.90. The number of ether oxygens (including phenoxy) is 3. The number of carbonyl (C=O) groups is 1. The summed E-state index contributed by atoms with van der Waals surface area (Å²) in [6, 6.07) is 13.0. The van der Waals surface area contributed by atoms with Gasteiger partial charge in [-0.1, -0.05) is 19.1 Å². The van der Waals surface area contributed by atoms with Crippen molar-refractivity contribution >= 4 is 5.91 Å². The number of aryl methyl sites for hydroxylation is 1. The Hall–Kier alpha value is -3.55. The molecule has 0 atom stereocenters. The van der Waals surface area contributed by atoms with Crippen LogP contribution in [0.15, 0.2) is 46.9 Å². The van der Waals surface area contributed by atoms with Crippen LogP contribution in [0.3, 0.4) is 0 Å². The third kappa shape index (κ3) is 5.08. The van der Waals surface area contributed by atoms with Gasteiger partial charge >= 0.3 is 0 Å². The first-order chi connectivity index (χ1) is 14.5. The Morgan fingerprint density at radius 3 is 2.43 bits per heavy atom. The maximum Gasteiger partial charge on any atom is 0.260 e. The molecule has 30 heavy (non-hydrogen) atoms. The van der Waals surface area contributed by atoms with Crippen molar-refractivity contribution in [1.82, 2.24) is 15.1 Å². The van der Waals surface area contributed by atoms with Crippen LogP contribution in [0.5, 0.6) is 17.2 Å². The minimum Gasteiger partial charge on any atom is -0.493 e. The lowest BCUT2D eigenvalue weighted by Crippen LogP contribution is -2.31. The average molecular weight is 411 g/mol. The highest BCUT2D eigenvalue weighted by molar-refractivity contribution is 5.77. The monoisotopic (exact) mass is 411 g/mol. The highest BCUT2D eigenvalue weighted by Gasteiger charge is 2.16. The highest BCUT2D eigenvalue weighted by atomic mass is 16.5. The zero-order chi connectivity index (χ0) is 21.5. The maximum absolute atomic E-state index is 12.4. The molecule has 0 spiro atoms. The number of aromatic nitrogens is 2. The molecule has 158 valence electrons. The first-order valence-corrected chi connectivity index (χ1v) is 9.54. The van der Waals surface area contributed by atoms with Crippen molar-refractivity contribution in [1.29, 1.82) is 0 Å². The van der Waals surface area contributed by atoms with Gasteiger partial charge in [0.1, 0.15) is 5.75 Å². The number of hydrogen-bond acceptors (Lipinski definition) is 7. The van der Waals surface area contributed by atoms with Crippen molar-refractivity contribution in [2.75, 3.05) is 27.9 Å². The van der Waals surface area contributed by atoms with Gasteiger partial charge in [0.05, 0.1) is 20.8 Å². The van der Waals surface area contributed by atoms with Crippen molar-refractivity contribution in [3.63, 3.8) is 0 Å². The van der Waals surface area contributed by atoms with Gasteiger partial charge in [0.2, 0.25) is 11.8 Å². The molecule has 0 aliphatic rings. The number of carbonyl (C=O) groups excluding carboxylic acids is 1. The van der Waals surface area contributed by atoms with E-state index in [0.717, 1.165) is 6.42 Å². The van der Waals surface area contributed by atoms with E-state index >= 15 is 0 Å². The molecular formula is C22H25N3O5. The zero-order valence-corrected chi connectivity index (χ0v) is 17.5. The fourth-order valence-electron chi connectivity index (χ4n) is 2.77. The van der Waals surface area contributed by atoms with Gasteiger partial charge in [-0.2, -0.15) is 0 Å². The number of hydrogen-bond donors (Lipinski definition) is 0. The van der Waals surface area contributed by atoms with Gasteiger partial charge in [0, 0.05) is 12.6 Å². The lowest BCUT2D eigenvalue weighted by atomic mass is 10.2. The number of amides is 1. The number of benzene rings is 2. The Labute approximate surface area is 175 Å². The predicted octanol–water partition coefficient (Wildman–Crippen LogP) is 3.35. The molecule has 0 aliphatic carbocycles. The molecule has 0 N–H and O–H groups in total. The lowest BCUT2D eigenvalue weighted by molar-refractivity contribution is -0.132. The van der Waals surface area contributed by atoms with Crippen LogP contribution in [-0.2, 0) is 17.8 Å². The molecule has 0 saturated heterocycles. The quantitative estimate of drug-likeness (QED) is 0.534. The molecule has 3 rings (SSSR count). The van der Waals surface area contributed by atoms with Crippen LogP contribution in [0.25, 0.3) is 11.5 Å². The van der Waals surface area contributed by atoms with Gasteiger partial charge in [0.15, 0.2) is 18.1 Å². The summed E-state index contributed by atoms with van der Waals surface area (Å²) in [5, 5.41) is 8.08. The van der Waals surface area contributed by atoms with E-state index in [4.69, 9.17) is 18.6 Å². The minimum absolute atomic E-state index is 0.0708. The van der Waals surface area contributed by atoms with Crippen LogP contribution in [0, 0.1) is 0 Å². The Bertz CT molecular complexity index is 985. The highest BCUT2D eigenvalue weighted by Crippen LogP contribution is 2.31. The van der Waals surface area contributed by atoms with Crippen molar-refractivity contribution < 1.29 is 23.4 Å². The molecule has 3 aromatic rings. The Morgan fingerprint density at radius 2 is 1.77 bits per heavy atom. The number of nitrogens with zero attached hydrogens (tertiary/aromatic N) is 3. The fourth-order valence-corrected chi connectivity index (χ4v) is 2.77. The molecular weight excluding hydrogens is 386 g/mol. The second-order valence-corrected chi connectivity index (χ2v) is 6.61. The van der Waals surface area contributed by atoms with Gasteiger partial charge in [-0.15, -0.1) is 10.2 Å². The fraction of sp³-hybridized carbons (Fsp3) is 0.318. The Balaban J connectivity index is 1.58. The van der Waals surface area contributed by atoms with Gasteiger partial charge in [-0.3, -0.25) is 4.79 Å². The van der Waals surface area contributed by atoms with Crippen molar-refractivity contribution in [3.05, 3.63) is 53.9 Å². The number of methoxy groups -OCH3 is 2. The SMILES string of the molecule is CCc1ccc(OCC(=O)N(C)Cc2nnc(-c3ccc(OC)c(OC)c3)o2)cc1. The van der Waals surface area contributed by atoms with E-state index in [-0.39, 0.29) is 19.1 Å². The molecule has 1 heterocycles. The largest absolute Gasteiger partial charge is 0.493 e. The standard InChI is InChI=1S/C22H25N3O5/c1-5-15-6-9-17(10-7-15)29-14-21(26)25(2)13-20-23-24-22(30-20)16-8-11-18(27-3)19(12-16)28-4/h6-12H,5,13-14H2,1-4H3. The molecule has 0 aliphatic heterocycles. The lowest BCUT2D eigenvalue weighted by Gasteiger charge is -2.15. The molecule has 0 bridgehead atoms. The summed E-state index contributed by atoms with van der Waals surface area (Å²) in [7, 11) is 4.78. The van der Waals surface area contributed by atoms with E-state index in [1.54, 1.807) is 39.5 Å². The predicted molar refractivity (Wildman–Crippen MR) is 111 cm³/mol. The maximum atomic E-state index is 12.4. The number of likely N-dealkylation sites (N-methyl/N-ethyl adjacent to an activating group) is 1. The van der Waals surface area contributed by atoms with E-state index in [1.807, 2.05) is 24.3 Å². The summed E-state index contributed by atoms with van der Waals surface area (Å²) in [6.45, 7) is 2.19. The molecule has 0 saturated carbocycles. The first kappa shape index (κ1) is 21.2. The second kappa shape index (κ2) is 9.78. The van der Waals surface area contributed by atoms with Crippen molar-refractivity contribution in [2.24, 2.45) is 0 Å². The van der Waals surface area contributed by atoms with Crippen molar-refractivity contribution in [2.45, 2.75) is 19.9 Å². The smallest absolute Gasteiger partial charge is 0.260 e. The molecule has 2 aromatic carbocycles. The van der Waals surface area contributed by atoms with E-state index in [0.29, 0.717) is 34.6 Å². The molecule has 1 amide bonds. The van der Waals surface area contributed by atoms with E-state index in [1.165, 1.54) is 10.5 Å². The topological polar surface area (TPSA) is 86.9 Å². The molecule has 1 aromatic heterocycles. The second-order valence-electron chi connectivity index (χ2n) is 6.61. The zero-order valence-electron chi connectivity index (χ0n) is 17.5. The van der Waals surface area contributed by atoms with Gasteiger partial charge in [-0.05, 0) is 42.3 Å². The van der Waals surface area contributed by atoms with Gasteiger partial charge in [0.25, 0.3) is 5.91 Å². The van der Waals surface area contributed by atoms with Gasteiger partial charge in [-0.25, -0.2) is 0 Å². The van der Waals surface area contributed by atoms with E-state index < -0.39 is 0 Å². The summed E-state index contributed by atoms with van der Waals surface area (Å²) in [4.78, 5) is 13.8. The molecule has 8 heteroatoms. The van der Waals surface area contributed by atoms with Crippen LogP contribution in [0.4, 0.5) is 0 Å². The van der Waals surface area contributed by atoms with Crippen LogP contribution in [0.2, 0.25) is 0 Å². The summed E-state index contributed by atoms with van der Waals surface area (Å²) in [5.41, 5.74) is 1.91. The molecule has 0 radical (unpaired) electrons. The normalized spacial score (nSPS) is 10.5. The summed E-state index contributed by atoms with van der Waals surface area (Å²) in [5.74, 6) is 2.28. The van der Waals surface area contributed by atoms with Crippen molar-refractivity contribution in [3.8, 4) is 28.7 Å². The van der Waals surface area contributed by atoms with Crippen LogP contribution in [-0.4, -0.2) is 48.9 Å². The summed E-state index contributed by atoms with van der Waals surface area (Å²) < 4.78 is 21.8. The number of rotatable bonds is 9. The van der Waals surface area contributed by atoms with Gasteiger partial charge < -0.3 is 23.5 Å². The first-order valence-electron chi connectivity index (χ1n) is 9.54. The molecule has 0 unspecified atom stereocenters. The molecule has 0 fully saturated rings. The third-order valence-electron chi connectivity index (χ3n) is 4.59. The average Bonchev–Trinajstić information content (AvgIpc) is 3.25. The minimum atomic E-state index is -0.194. The van der Waals surface area contributed by atoms with Crippen LogP contribution >= 0.6 is 0 Å². The Morgan fingerprint density at radius 1 is 1.03 bits per heavy atom.